The Labute approximate surface area is 133 Å². The minimum Gasteiger partial charge on any atom is -0.357 e. The summed E-state index contributed by atoms with van der Waals surface area (Å²) < 4.78 is 0.878. The smallest absolute Gasteiger partial charge is 0.233 e. The van der Waals surface area contributed by atoms with Gasteiger partial charge in [0.05, 0.1) is 5.75 Å². The van der Waals surface area contributed by atoms with E-state index in [0.29, 0.717) is 17.8 Å². The van der Waals surface area contributed by atoms with E-state index in [1.807, 2.05) is 11.9 Å². The Morgan fingerprint density at radius 1 is 1.29 bits per heavy atom. The van der Waals surface area contributed by atoms with Crippen LogP contribution in [0.3, 0.4) is 0 Å². The molecule has 0 saturated heterocycles. The molecule has 1 heterocycles. The molecule has 2 fully saturated rings. The zero-order chi connectivity index (χ0) is 14.7. The third kappa shape index (κ3) is 4.32. The van der Waals surface area contributed by atoms with Crippen LogP contribution in [0, 0.1) is 0 Å². The zero-order valence-electron chi connectivity index (χ0n) is 12.4. The Kier molecular flexibility index (Phi) is 5.00. The van der Waals surface area contributed by atoms with Crippen molar-refractivity contribution >= 4 is 34.1 Å². The maximum Gasteiger partial charge on any atom is 0.233 e. The lowest BCUT2D eigenvalue weighted by Crippen LogP contribution is -2.39. The molecule has 21 heavy (non-hydrogen) atoms. The Morgan fingerprint density at radius 2 is 2.05 bits per heavy atom. The fraction of sp³-hybridized carbons (Fsp3) is 0.786. The lowest BCUT2D eigenvalue weighted by atomic mass is 9.94. The fourth-order valence-electron chi connectivity index (χ4n) is 2.63. The minimum absolute atomic E-state index is 0.207. The highest BCUT2D eigenvalue weighted by Crippen LogP contribution is 2.30. The summed E-state index contributed by atoms with van der Waals surface area (Å²) in [5, 5.41) is 12.5. The molecule has 2 saturated carbocycles. The quantitative estimate of drug-likeness (QED) is 0.814. The first-order chi connectivity index (χ1) is 10.2. The third-order valence-corrected chi connectivity index (χ3v) is 6.12. The molecule has 5 nitrogen and oxygen atoms in total. The molecule has 2 aliphatic rings. The van der Waals surface area contributed by atoms with Gasteiger partial charge in [0.15, 0.2) is 4.34 Å². The molecular formula is C14H22N4OS2. The molecule has 1 amide bonds. The van der Waals surface area contributed by atoms with Gasteiger partial charge in [-0.05, 0) is 25.7 Å². The number of anilines is 1. The molecule has 0 spiro atoms. The number of carbonyl (C=O) groups is 1. The number of thioether (sulfide) groups is 1. The van der Waals surface area contributed by atoms with Crippen molar-refractivity contribution in [1.82, 2.24) is 15.1 Å². The molecule has 0 aromatic carbocycles. The van der Waals surface area contributed by atoms with Crippen molar-refractivity contribution in [3.05, 3.63) is 0 Å². The molecule has 2 aliphatic carbocycles. The van der Waals surface area contributed by atoms with E-state index in [1.54, 1.807) is 11.3 Å². The molecule has 0 unspecified atom stereocenters. The summed E-state index contributed by atoms with van der Waals surface area (Å²) in [6.07, 6.45) is 8.58. The second kappa shape index (κ2) is 6.96. The fourth-order valence-corrected chi connectivity index (χ4v) is 4.38. The van der Waals surface area contributed by atoms with Crippen molar-refractivity contribution < 1.29 is 4.79 Å². The van der Waals surface area contributed by atoms with E-state index in [9.17, 15) is 4.79 Å². The molecule has 116 valence electrons. The molecule has 1 aromatic heterocycles. The van der Waals surface area contributed by atoms with Crippen molar-refractivity contribution in [2.24, 2.45) is 0 Å². The van der Waals surface area contributed by atoms with E-state index in [0.717, 1.165) is 22.3 Å². The van der Waals surface area contributed by atoms with Crippen LogP contribution in [-0.4, -0.2) is 45.9 Å². The Hall–Kier alpha value is -0.820. The van der Waals surface area contributed by atoms with Crippen molar-refractivity contribution in [2.45, 2.75) is 61.4 Å². The van der Waals surface area contributed by atoms with Gasteiger partial charge in [-0.15, -0.1) is 10.2 Å². The summed E-state index contributed by atoms with van der Waals surface area (Å²) in [4.78, 5) is 14.2. The molecule has 0 bridgehead atoms. The molecule has 7 heteroatoms. The summed E-state index contributed by atoms with van der Waals surface area (Å²) >= 11 is 3.05. The largest absolute Gasteiger partial charge is 0.357 e. The van der Waals surface area contributed by atoms with E-state index in [-0.39, 0.29) is 5.91 Å². The van der Waals surface area contributed by atoms with Crippen LogP contribution in [0.5, 0.6) is 0 Å². The number of nitrogens with one attached hydrogen (secondary N) is 1. The third-order valence-electron chi connectivity index (χ3n) is 4.15. The van der Waals surface area contributed by atoms with Crippen LogP contribution in [-0.2, 0) is 4.79 Å². The van der Waals surface area contributed by atoms with Crippen molar-refractivity contribution in [3.8, 4) is 0 Å². The number of hydrogen-bond donors (Lipinski definition) is 1. The Balaban J connectivity index is 1.44. The summed E-state index contributed by atoms with van der Waals surface area (Å²) in [5.41, 5.74) is 0. The molecular weight excluding hydrogens is 304 g/mol. The number of amides is 1. The van der Waals surface area contributed by atoms with Gasteiger partial charge in [-0.25, -0.2) is 0 Å². The molecule has 1 aromatic rings. The SMILES string of the molecule is CN(C(=O)CSc1nnc(NC2CC2)s1)C1CCCCC1. The lowest BCUT2D eigenvalue weighted by Gasteiger charge is -2.31. The predicted octanol–water partition coefficient (Wildman–Crippen LogP) is 3.00. The van der Waals surface area contributed by atoms with Crippen LogP contribution < -0.4 is 5.32 Å². The van der Waals surface area contributed by atoms with E-state index in [1.165, 1.54) is 43.9 Å². The van der Waals surface area contributed by atoms with Crippen molar-refractivity contribution in [1.29, 1.82) is 0 Å². The van der Waals surface area contributed by atoms with E-state index < -0.39 is 0 Å². The second-order valence-electron chi connectivity index (χ2n) is 5.88. The highest BCUT2D eigenvalue weighted by atomic mass is 32.2. The normalized spacial score (nSPS) is 19.5. The summed E-state index contributed by atoms with van der Waals surface area (Å²) in [5.74, 6) is 0.671. The number of carbonyl (C=O) groups excluding carboxylic acids is 1. The number of aromatic nitrogens is 2. The van der Waals surface area contributed by atoms with Crippen molar-refractivity contribution in [2.75, 3.05) is 18.1 Å². The highest BCUT2D eigenvalue weighted by Gasteiger charge is 2.24. The van der Waals surface area contributed by atoms with Gasteiger partial charge in [0.25, 0.3) is 0 Å². The topological polar surface area (TPSA) is 58.1 Å². The van der Waals surface area contributed by atoms with Crippen LogP contribution in [0.2, 0.25) is 0 Å². The van der Waals surface area contributed by atoms with Gasteiger partial charge in [0.2, 0.25) is 11.0 Å². The molecule has 0 atom stereocenters. The molecule has 0 radical (unpaired) electrons. The van der Waals surface area contributed by atoms with Crippen LogP contribution >= 0.6 is 23.1 Å². The standard InChI is InChI=1S/C14H22N4OS2/c1-18(11-5-3-2-4-6-11)12(19)9-20-14-17-16-13(21-14)15-10-7-8-10/h10-11H,2-9H2,1H3,(H,15,16). The first kappa shape index (κ1) is 15.1. The first-order valence-corrected chi connectivity index (χ1v) is 9.51. The zero-order valence-corrected chi connectivity index (χ0v) is 14.0. The molecule has 3 rings (SSSR count). The van der Waals surface area contributed by atoms with Crippen LogP contribution in [0.1, 0.15) is 44.9 Å². The van der Waals surface area contributed by atoms with Crippen LogP contribution in [0.15, 0.2) is 4.34 Å². The highest BCUT2D eigenvalue weighted by molar-refractivity contribution is 8.01. The van der Waals surface area contributed by atoms with Gasteiger partial charge in [0.1, 0.15) is 0 Å². The Morgan fingerprint density at radius 3 is 2.76 bits per heavy atom. The molecule has 1 N–H and O–H groups in total. The molecule has 0 aliphatic heterocycles. The lowest BCUT2D eigenvalue weighted by molar-refractivity contribution is -0.129. The van der Waals surface area contributed by atoms with Gasteiger partial charge < -0.3 is 10.2 Å². The van der Waals surface area contributed by atoms with Crippen molar-refractivity contribution in [3.63, 3.8) is 0 Å². The monoisotopic (exact) mass is 326 g/mol. The number of hydrogen-bond acceptors (Lipinski definition) is 6. The van der Waals surface area contributed by atoms with Gasteiger partial charge in [-0.1, -0.05) is 42.4 Å². The maximum absolute atomic E-state index is 12.3. The minimum atomic E-state index is 0.207. The Bertz CT molecular complexity index is 483. The van der Waals surface area contributed by atoms with Crippen LogP contribution in [0.25, 0.3) is 0 Å². The van der Waals surface area contributed by atoms with E-state index in [2.05, 4.69) is 15.5 Å². The summed E-state index contributed by atoms with van der Waals surface area (Å²) in [6.45, 7) is 0. The maximum atomic E-state index is 12.3. The average molecular weight is 326 g/mol. The van der Waals surface area contributed by atoms with E-state index >= 15 is 0 Å². The summed E-state index contributed by atoms with van der Waals surface area (Å²) in [7, 11) is 1.94. The number of nitrogens with zero attached hydrogens (tertiary/aromatic N) is 3. The summed E-state index contributed by atoms with van der Waals surface area (Å²) in [6, 6.07) is 1.03. The first-order valence-electron chi connectivity index (χ1n) is 7.71. The van der Waals surface area contributed by atoms with Gasteiger partial charge in [-0.2, -0.15) is 0 Å². The number of rotatable bonds is 6. The van der Waals surface area contributed by atoms with E-state index in [4.69, 9.17) is 0 Å². The van der Waals surface area contributed by atoms with Crippen LogP contribution in [0.4, 0.5) is 5.13 Å². The van der Waals surface area contributed by atoms with Gasteiger partial charge >= 0.3 is 0 Å². The van der Waals surface area contributed by atoms with Gasteiger partial charge in [0, 0.05) is 19.1 Å². The van der Waals surface area contributed by atoms with Gasteiger partial charge in [-0.3, -0.25) is 4.79 Å². The predicted molar refractivity (Wildman–Crippen MR) is 86.9 cm³/mol. The second-order valence-corrected chi connectivity index (χ2v) is 8.08. The average Bonchev–Trinajstić information content (AvgIpc) is 3.22.